The second kappa shape index (κ2) is 12.7. The SMILES string of the molecule is CCOc1ccc(NC(=O)[C@H]2[C@H]3C(=O)N([C@H](CO)c4ccccc4)C(C(=O)NCCN4CCOCC4)C34CC(C)[C@]2(C)O4)cc1. The van der Waals surface area contributed by atoms with Crippen LogP contribution in [0.2, 0.25) is 0 Å². The van der Waals surface area contributed by atoms with Crippen molar-refractivity contribution in [2.75, 3.05) is 57.9 Å². The molecule has 7 atom stereocenters. The lowest BCUT2D eigenvalue weighted by atomic mass is 9.62. The summed E-state index contributed by atoms with van der Waals surface area (Å²) in [4.78, 5) is 46.8. The molecule has 3 unspecified atom stereocenters. The summed E-state index contributed by atoms with van der Waals surface area (Å²) in [5.74, 6) is -2.17. The molecule has 3 amide bonds. The number of carbonyl (C=O) groups excluding carboxylic acids is 3. The third-order valence-corrected chi connectivity index (χ3v) is 10.2. The third-order valence-electron chi connectivity index (χ3n) is 10.2. The zero-order chi connectivity index (χ0) is 31.8. The van der Waals surface area contributed by atoms with E-state index < -0.39 is 35.1 Å². The van der Waals surface area contributed by atoms with Gasteiger partial charge in [-0.25, -0.2) is 0 Å². The Labute approximate surface area is 264 Å². The number of fused-ring (bicyclic) bond motifs is 1. The Hall–Kier alpha value is -3.51. The molecule has 0 aliphatic carbocycles. The molecule has 0 radical (unpaired) electrons. The van der Waals surface area contributed by atoms with Gasteiger partial charge in [-0.2, -0.15) is 0 Å². The van der Waals surface area contributed by atoms with Gasteiger partial charge in [0, 0.05) is 31.9 Å². The molecule has 4 saturated heterocycles. The Kier molecular flexibility index (Phi) is 8.89. The quantitative estimate of drug-likeness (QED) is 0.349. The van der Waals surface area contributed by atoms with Crippen LogP contribution in [-0.2, 0) is 23.9 Å². The predicted octanol–water partition coefficient (Wildman–Crippen LogP) is 2.22. The van der Waals surface area contributed by atoms with Crippen LogP contribution in [0.3, 0.4) is 0 Å². The van der Waals surface area contributed by atoms with Gasteiger partial charge in [0.2, 0.25) is 17.7 Å². The lowest BCUT2D eigenvalue weighted by Gasteiger charge is -2.37. The first-order chi connectivity index (χ1) is 21.7. The Bertz CT molecular complexity index is 1380. The van der Waals surface area contributed by atoms with E-state index in [4.69, 9.17) is 14.2 Å². The van der Waals surface area contributed by atoms with Gasteiger partial charge in [-0.15, -0.1) is 0 Å². The van der Waals surface area contributed by atoms with Crippen LogP contribution in [0, 0.1) is 17.8 Å². The molecule has 3 N–H and O–H groups in total. The Morgan fingerprint density at radius 1 is 1.09 bits per heavy atom. The molecule has 11 nitrogen and oxygen atoms in total. The molecular weight excluding hydrogens is 576 g/mol. The van der Waals surface area contributed by atoms with Crippen molar-refractivity contribution in [2.24, 2.45) is 17.8 Å². The van der Waals surface area contributed by atoms with Crippen LogP contribution < -0.4 is 15.4 Å². The van der Waals surface area contributed by atoms with Crippen LogP contribution in [0.5, 0.6) is 5.75 Å². The van der Waals surface area contributed by atoms with Gasteiger partial charge < -0.3 is 34.9 Å². The molecule has 4 aliphatic rings. The molecular formula is C34H44N4O7. The van der Waals surface area contributed by atoms with Gasteiger partial charge in [-0.1, -0.05) is 37.3 Å². The van der Waals surface area contributed by atoms with E-state index in [2.05, 4.69) is 15.5 Å². The van der Waals surface area contributed by atoms with Crippen molar-refractivity contribution in [2.45, 2.75) is 50.5 Å². The highest BCUT2D eigenvalue weighted by atomic mass is 16.5. The number of carbonyl (C=O) groups is 3. The number of hydrogen-bond donors (Lipinski definition) is 3. The molecule has 2 aromatic rings. The largest absolute Gasteiger partial charge is 0.494 e. The molecule has 4 aliphatic heterocycles. The van der Waals surface area contributed by atoms with Crippen molar-refractivity contribution in [3.63, 3.8) is 0 Å². The number of aliphatic hydroxyl groups excluding tert-OH is 1. The maximum atomic E-state index is 14.7. The third kappa shape index (κ3) is 5.49. The first kappa shape index (κ1) is 31.5. The van der Waals surface area contributed by atoms with E-state index in [1.165, 1.54) is 4.90 Å². The summed E-state index contributed by atoms with van der Waals surface area (Å²) in [7, 11) is 0. The molecule has 0 saturated carbocycles. The van der Waals surface area contributed by atoms with E-state index in [1.54, 1.807) is 24.3 Å². The number of rotatable bonds is 11. The van der Waals surface area contributed by atoms with Gasteiger partial charge in [0.05, 0.1) is 49.9 Å². The van der Waals surface area contributed by atoms with Crippen LogP contribution in [0.15, 0.2) is 54.6 Å². The summed E-state index contributed by atoms with van der Waals surface area (Å²) >= 11 is 0. The molecule has 45 heavy (non-hydrogen) atoms. The summed E-state index contributed by atoms with van der Waals surface area (Å²) in [6.45, 7) is 9.89. The zero-order valence-electron chi connectivity index (χ0n) is 26.2. The van der Waals surface area contributed by atoms with E-state index in [-0.39, 0.29) is 30.2 Å². The van der Waals surface area contributed by atoms with Crippen LogP contribution >= 0.6 is 0 Å². The second-order valence-electron chi connectivity index (χ2n) is 12.8. The standard InChI is InChI=1S/C34H44N4O7/c1-4-44-25-12-10-24(11-13-25)36-30(40)27-28-32(42)38(26(21-39)23-8-6-5-7-9-23)29(34(28)20-22(2)33(27,3)45-34)31(41)35-14-15-37-16-18-43-19-17-37/h5-13,22,26-29,39H,4,14-21H2,1-3H3,(H,35,41)(H,36,40)/t22?,26-,27-,28+,29?,33+,34?/m1/s1. The molecule has 2 aromatic carbocycles. The smallest absolute Gasteiger partial charge is 0.245 e. The molecule has 0 aromatic heterocycles. The average molecular weight is 621 g/mol. The normalized spacial score (nSPS) is 31.5. The van der Waals surface area contributed by atoms with Gasteiger partial charge in [-0.3, -0.25) is 19.3 Å². The van der Waals surface area contributed by atoms with E-state index in [9.17, 15) is 19.5 Å². The van der Waals surface area contributed by atoms with E-state index >= 15 is 0 Å². The number of hydrogen-bond acceptors (Lipinski definition) is 8. The fourth-order valence-corrected chi connectivity index (χ4v) is 8.02. The minimum absolute atomic E-state index is 0.106. The molecule has 4 fully saturated rings. The molecule has 6 rings (SSSR count). The van der Waals surface area contributed by atoms with Crippen molar-refractivity contribution in [1.82, 2.24) is 15.1 Å². The number of anilines is 1. The first-order valence-corrected chi connectivity index (χ1v) is 16.0. The van der Waals surface area contributed by atoms with Crippen molar-refractivity contribution < 1.29 is 33.7 Å². The van der Waals surface area contributed by atoms with Crippen LogP contribution in [0.25, 0.3) is 0 Å². The Balaban J connectivity index is 1.33. The Morgan fingerprint density at radius 2 is 1.80 bits per heavy atom. The number of benzene rings is 2. The second-order valence-corrected chi connectivity index (χ2v) is 12.8. The van der Waals surface area contributed by atoms with Gasteiger partial charge in [0.1, 0.15) is 17.4 Å². The van der Waals surface area contributed by atoms with E-state index in [0.717, 1.165) is 13.1 Å². The van der Waals surface area contributed by atoms with Crippen LogP contribution in [0.1, 0.15) is 38.8 Å². The van der Waals surface area contributed by atoms with Gasteiger partial charge in [0.25, 0.3) is 0 Å². The predicted molar refractivity (Wildman–Crippen MR) is 166 cm³/mol. The zero-order valence-corrected chi connectivity index (χ0v) is 26.2. The van der Waals surface area contributed by atoms with Gasteiger partial charge >= 0.3 is 0 Å². The number of ether oxygens (including phenoxy) is 3. The summed E-state index contributed by atoms with van der Waals surface area (Å²) in [6, 6.07) is 14.5. The number of morpholine rings is 1. The summed E-state index contributed by atoms with van der Waals surface area (Å²) < 4.78 is 17.8. The molecule has 4 heterocycles. The first-order valence-electron chi connectivity index (χ1n) is 16.0. The van der Waals surface area contributed by atoms with Gasteiger partial charge in [-0.05, 0) is 56.0 Å². The highest BCUT2D eigenvalue weighted by Gasteiger charge is 2.80. The van der Waals surface area contributed by atoms with Crippen molar-refractivity contribution in [1.29, 1.82) is 0 Å². The number of amides is 3. The maximum absolute atomic E-state index is 14.7. The topological polar surface area (TPSA) is 130 Å². The average Bonchev–Trinajstić information content (AvgIpc) is 3.56. The molecule has 2 bridgehead atoms. The van der Waals surface area contributed by atoms with Crippen LogP contribution in [0.4, 0.5) is 5.69 Å². The van der Waals surface area contributed by atoms with Gasteiger partial charge in [0.15, 0.2) is 0 Å². The minimum atomic E-state index is -1.22. The van der Waals surface area contributed by atoms with Crippen molar-refractivity contribution in [3.05, 3.63) is 60.2 Å². The van der Waals surface area contributed by atoms with Crippen LogP contribution in [-0.4, -0.2) is 102 Å². The number of nitrogens with one attached hydrogen (secondary N) is 2. The van der Waals surface area contributed by atoms with Crippen molar-refractivity contribution in [3.8, 4) is 5.75 Å². The summed E-state index contributed by atoms with van der Waals surface area (Å²) in [6.07, 6.45) is 0.442. The summed E-state index contributed by atoms with van der Waals surface area (Å²) in [5, 5.41) is 16.8. The number of aliphatic hydroxyl groups is 1. The van der Waals surface area contributed by atoms with Crippen molar-refractivity contribution >= 4 is 23.4 Å². The highest BCUT2D eigenvalue weighted by Crippen LogP contribution is 2.66. The number of nitrogens with zero attached hydrogens (tertiary/aromatic N) is 2. The lowest BCUT2D eigenvalue weighted by molar-refractivity contribution is -0.150. The van der Waals surface area contributed by atoms with E-state index in [0.29, 0.717) is 56.3 Å². The molecule has 242 valence electrons. The lowest BCUT2D eigenvalue weighted by Crippen LogP contribution is -2.57. The highest BCUT2D eigenvalue weighted by molar-refractivity contribution is 6.02. The summed E-state index contributed by atoms with van der Waals surface area (Å²) in [5.41, 5.74) is -0.902. The van der Waals surface area contributed by atoms with E-state index in [1.807, 2.05) is 51.1 Å². The number of likely N-dealkylation sites (tertiary alicyclic amines) is 1. The maximum Gasteiger partial charge on any atom is 0.245 e. The molecule has 11 heteroatoms. The fraction of sp³-hybridized carbons (Fsp3) is 0.559. The fourth-order valence-electron chi connectivity index (χ4n) is 8.02. The monoisotopic (exact) mass is 620 g/mol. The minimum Gasteiger partial charge on any atom is -0.494 e. The Morgan fingerprint density at radius 3 is 2.47 bits per heavy atom. The molecule has 1 spiro atoms.